The number of thioether (sulfide) groups is 1. The van der Waals surface area contributed by atoms with Crippen molar-refractivity contribution in [2.24, 2.45) is 0 Å². The van der Waals surface area contributed by atoms with Crippen LogP contribution in [0.5, 0.6) is 11.5 Å². The van der Waals surface area contributed by atoms with Crippen LogP contribution in [-0.4, -0.2) is 29.4 Å². The molecular formula is C47H62N2O4S. The summed E-state index contributed by atoms with van der Waals surface area (Å²) in [5.41, 5.74) is 3.96. The fourth-order valence-electron chi connectivity index (χ4n) is 7.49. The summed E-state index contributed by atoms with van der Waals surface area (Å²) in [4.78, 5) is 30.2. The molecule has 54 heavy (non-hydrogen) atoms. The number of aromatic hydroxyl groups is 1. The smallest absolute Gasteiger partial charge is 0.290 e. The predicted molar refractivity (Wildman–Crippen MR) is 228 cm³/mol. The molecule has 0 saturated carbocycles. The summed E-state index contributed by atoms with van der Waals surface area (Å²) in [6.07, 6.45) is 23.2. The van der Waals surface area contributed by atoms with Crippen LogP contribution in [0.2, 0.25) is 0 Å². The monoisotopic (exact) mass is 750 g/mol. The third kappa shape index (κ3) is 12.0. The molecule has 1 aliphatic rings. The number of phenolic OH excluding ortho intramolecular Hbond substituents is 1. The van der Waals surface area contributed by atoms with Crippen LogP contribution in [0, 0.1) is 0 Å². The maximum absolute atomic E-state index is 13.8. The second-order valence-corrected chi connectivity index (χ2v) is 15.9. The van der Waals surface area contributed by atoms with Gasteiger partial charge in [0.25, 0.3) is 11.1 Å². The number of ether oxygens (including phenoxy) is 1. The molecular weight excluding hydrogens is 689 g/mol. The second kappa shape index (κ2) is 22.4. The average molecular weight is 751 g/mol. The Hall–Kier alpha value is -3.97. The molecule has 0 aromatic heterocycles. The summed E-state index contributed by atoms with van der Waals surface area (Å²) < 4.78 is 6.05. The van der Waals surface area contributed by atoms with Crippen LogP contribution in [0.3, 0.4) is 0 Å². The Labute approximate surface area is 328 Å². The van der Waals surface area contributed by atoms with Gasteiger partial charge >= 0.3 is 0 Å². The quantitative estimate of drug-likeness (QED) is 0.0618. The first-order valence-electron chi connectivity index (χ1n) is 20.9. The number of hydrogen-bond acceptors (Lipinski definition) is 5. The SMILES string of the molecule is CCCCCCCCCCCCc1ccc(SC(=O)N2CCCc3ccc4c(O)c(C(=O)Nc5ccccc5OCCCCCCCC)ccc4c32)cc1. The zero-order valence-electron chi connectivity index (χ0n) is 32.8. The lowest BCUT2D eigenvalue weighted by Gasteiger charge is -2.30. The first-order chi connectivity index (χ1) is 26.5. The van der Waals surface area contributed by atoms with Gasteiger partial charge in [0.1, 0.15) is 11.5 Å². The van der Waals surface area contributed by atoms with Gasteiger partial charge in [-0.05, 0) is 85.3 Å². The molecule has 290 valence electrons. The Kier molecular flexibility index (Phi) is 17.1. The number of carbonyl (C=O) groups excluding carboxylic acids is 2. The van der Waals surface area contributed by atoms with E-state index in [-0.39, 0.29) is 16.6 Å². The van der Waals surface area contributed by atoms with Crippen LogP contribution in [0.4, 0.5) is 16.2 Å². The van der Waals surface area contributed by atoms with Gasteiger partial charge in [-0.2, -0.15) is 0 Å². The van der Waals surface area contributed by atoms with Gasteiger partial charge in [0, 0.05) is 22.2 Å². The molecule has 4 aromatic rings. The first kappa shape index (κ1) is 41.2. The van der Waals surface area contributed by atoms with Crippen LogP contribution in [0.15, 0.2) is 77.7 Å². The van der Waals surface area contributed by atoms with Crippen molar-refractivity contribution in [2.75, 3.05) is 23.4 Å². The van der Waals surface area contributed by atoms with Crippen molar-refractivity contribution < 1.29 is 19.4 Å². The Morgan fingerprint density at radius 1 is 0.722 bits per heavy atom. The van der Waals surface area contributed by atoms with E-state index in [0.29, 0.717) is 30.0 Å². The number of unbranched alkanes of at least 4 members (excludes halogenated alkanes) is 14. The van der Waals surface area contributed by atoms with E-state index in [1.807, 2.05) is 47.4 Å². The van der Waals surface area contributed by atoms with Crippen molar-refractivity contribution in [3.05, 3.63) is 89.5 Å². The topological polar surface area (TPSA) is 78.9 Å². The van der Waals surface area contributed by atoms with Gasteiger partial charge in [-0.15, -0.1) is 0 Å². The zero-order valence-corrected chi connectivity index (χ0v) is 33.6. The lowest BCUT2D eigenvalue weighted by atomic mass is 9.95. The second-order valence-electron chi connectivity index (χ2n) is 14.9. The molecule has 0 radical (unpaired) electrons. The largest absolute Gasteiger partial charge is 0.506 e. The highest BCUT2D eigenvalue weighted by Gasteiger charge is 2.27. The lowest BCUT2D eigenvalue weighted by molar-refractivity contribution is 0.102. The van der Waals surface area contributed by atoms with Crippen LogP contribution < -0.4 is 15.0 Å². The Bertz CT molecular complexity index is 1770. The van der Waals surface area contributed by atoms with Crippen LogP contribution >= 0.6 is 11.8 Å². The minimum Gasteiger partial charge on any atom is -0.506 e. The minimum atomic E-state index is -0.414. The summed E-state index contributed by atoms with van der Waals surface area (Å²) >= 11 is 1.25. The molecule has 0 atom stereocenters. The van der Waals surface area contributed by atoms with E-state index >= 15 is 0 Å². The predicted octanol–water partition coefficient (Wildman–Crippen LogP) is 13.7. The Balaban J connectivity index is 1.17. The Morgan fingerprint density at radius 3 is 2.06 bits per heavy atom. The number of aryl methyl sites for hydroxylation is 2. The van der Waals surface area contributed by atoms with Gasteiger partial charge in [-0.25, -0.2) is 0 Å². The number of rotatable bonds is 22. The van der Waals surface area contributed by atoms with E-state index in [1.54, 1.807) is 6.07 Å². The summed E-state index contributed by atoms with van der Waals surface area (Å²) in [5.74, 6) is 0.105. The number of benzene rings is 4. The molecule has 6 nitrogen and oxygen atoms in total. The lowest BCUT2D eigenvalue weighted by Crippen LogP contribution is -2.32. The molecule has 5 rings (SSSR count). The van der Waals surface area contributed by atoms with Crippen molar-refractivity contribution in [1.82, 2.24) is 0 Å². The molecule has 0 spiro atoms. The number of phenols is 1. The van der Waals surface area contributed by atoms with Gasteiger partial charge in [-0.3, -0.25) is 9.59 Å². The van der Waals surface area contributed by atoms with Crippen molar-refractivity contribution in [1.29, 1.82) is 0 Å². The number of amides is 2. The van der Waals surface area contributed by atoms with E-state index in [2.05, 4.69) is 43.4 Å². The summed E-state index contributed by atoms with van der Waals surface area (Å²) in [6.45, 7) is 5.68. The summed E-state index contributed by atoms with van der Waals surface area (Å²) in [5, 5.41) is 15.7. The molecule has 0 fully saturated rings. The fourth-order valence-corrected chi connectivity index (χ4v) is 8.26. The number of carbonyl (C=O) groups is 2. The van der Waals surface area contributed by atoms with E-state index in [9.17, 15) is 14.7 Å². The molecule has 0 aliphatic carbocycles. The molecule has 0 saturated heterocycles. The van der Waals surface area contributed by atoms with E-state index in [0.717, 1.165) is 53.6 Å². The molecule has 7 heteroatoms. The maximum atomic E-state index is 13.8. The van der Waals surface area contributed by atoms with E-state index < -0.39 is 5.91 Å². The van der Waals surface area contributed by atoms with Crippen LogP contribution in [-0.2, 0) is 12.8 Å². The molecule has 1 aliphatic heterocycles. The number of nitrogens with one attached hydrogen (secondary N) is 1. The normalized spacial score (nSPS) is 12.5. The van der Waals surface area contributed by atoms with Crippen LogP contribution in [0.25, 0.3) is 10.8 Å². The summed E-state index contributed by atoms with van der Waals surface area (Å²) in [7, 11) is 0. The van der Waals surface area contributed by atoms with Gasteiger partial charge in [0.05, 0.1) is 23.5 Å². The summed E-state index contributed by atoms with van der Waals surface area (Å²) in [6, 6.07) is 23.2. The van der Waals surface area contributed by atoms with Gasteiger partial charge in [0.2, 0.25) is 0 Å². The third-order valence-electron chi connectivity index (χ3n) is 10.6. The maximum Gasteiger partial charge on any atom is 0.290 e. The third-order valence-corrected chi connectivity index (χ3v) is 11.5. The number of hydrogen-bond donors (Lipinski definition) is 2. The van der Waals surface area contributed by atoms with Gasteiger partial charge in [-0.1, -0.05) is 146 Å². The number of fused-ring (bicyclic) bond motifs is 3. The molecule has 1 heterocycles. The van der Waals surface area contributed by atoms with Crippen LogP contribution in [0.1, 0.15) is 144 Å². The standard InChI is InChI=1S/C47H62N2O4S/c1-3-5-7-9-11-12-13-14-15-17-22-36-26-29-38(30-27-36)54-47(52)49-34-21-23-37-28-31-40-39(44(37)49)32-33-41(45(40)50)46(51)48-42-24-18-19-25-43(42)53-35-20-16-10-8-6-4-2/h18-19,24-33,50H,3-17,20-23,34-35H2,1-2H3,(H,48,51). The van der Waals surface area contributed by atoms with E-state index in [4.69, 9.17) is 4.74 Å². The van der Waals surface area contributed by atoms with E-state index in [1.165, 1.54) is 107 Å². The highest BCUT2D eigenvalue weighted by molar-refractivity contribution is 8.14. The molecule has 2 amide bonds. The minimum absolute atomic E-state index is 0.0373. The van der Waals surface area contributed by atoms with Crippen molar-refractivity contribution >= 4 is 45.1 Å². The van der Waals surface area contributed by atoms with Crippen molar-refractivity contribution in [2.45, 2.75) is 141 Å². The highest BCUT2D eigenvalue weighted by Crippen LogP contribution is 2.41. The highest BCUT2D eigenvalue weighted by atomic mass is 32.2. The zero-order chi connectivity index (χ0) is 38.0. The fraction of sp³-hybridized carbons (Fsp3) is 0.489. The number of para-hydroxylation sites is 2. The molecule has 2 N–H and O–H groups in total. The Morgan fingerprint density at radius 2 is 1.35 bits per heavy atom. The number of nitrogens with zero attached hydrogens (tertiary/aromatic N) is 1. The van der Waals surface area contributed by atoms with Crippen molar-refractivity contribution in [3.63, 3.8) is 0 Å². The number of anilines is 2. The molecule has 0 unspecified atom stereocenters. The molecule has 4 aromatic carbocycles. The van der Waals surface area contributed by atoms with Gasteiger partial charge in [0.15, 0.2) is 0 Å². The van der Waals surface area contributed by atoms with Gasteiger partial charge < -0.3 is 20.1 Å². The van der Waals surface area contributed by atoms with Crippen molar-refractivity contribution in [3.8, 4) is 11.5 Å². The molecule has 0 bridgehead atoms. The first-order valence-corrected chi connectivity index (χ1v) is 21.7. The average Bonchev–Trinajstić information content (AvgIpc) is 3.19.